The summed E-state index contributed by atoms with van der Waals surface area (Å²) in [6.07, 6.45) is 11.1. The van der Waals surface area contributed by atoms with Crippen LogP contribution in [0.15, 0.2) is 49.3 Å². The molecule has 6 heteroatoms. The molecule has 0 aliphatic heterocycles. The zero-order chi connectivity index (χ0) is 21.1. The molecule has 0 fully saturated rings. The molecule has 3 aromatic rings. The van der Waals surface area contributed by atoms with Gasteiger partial charge in [-0.1, -0.05) is 0 Å². The number of aromatic nitrogens is 4. The fourth-order valence-electron chi connectivity index (χ4n) is 3.91. The maximum atomic E-state index is 4.76. The Morgan fingerprint density at radius 1 is 0.900 bits per heavy atom. The highest BCUT2D eigenvalue weighted by molar-refractivity contribution is 6.03. The van der Waals surface area contributed by atoms with Crippen LogP contribution in [0.5, 0.6) is 0 Å². The van der Waals surface area contributed by atoms with E-state index in [1.807, 2.05) is 24.8 Å². The van der Waals surface area contributed by atoms with Crippen LogP contribution in [0.4, 0.5) is 5.82 Å². The van der Waals surface area contributed by atoms with Crippen molar-refractivity contribution in [2.24, 2.45) is 0 Å². The number of rotatable bonds is 7. The molecule has 3 heterocycles. The first kappa shape index (κ1) is 20.2. The van der Waals surface area contributed by atoms with Crippen LogP contribution in [0.1, 0.15) is 34.4 Å². The van der Waals surface area contributed by atoms with Gasteiger partial charge < -0.3 is 9.80 Å². The van der Waals surface area contributed by atoms with E-state index in [1.165, 1.54) is 11.1 Å². The highest BCUT2D eigenvalue weighted by Crippen LogP contribution is 2.41. The molecule has 1 aliphatic rings. The van der Waals surface area contributed by atoms with Gasteiger partial charge >= 0.3 is 0 Å². The average molecular weight is 401 g/mol. The number of aryl methyl sites for hydroxylation is 1. The maximum Gasteiger partial charge on any atom is 0.128 e. The molecule has 0 saturated heterocycles. The lowest BCUT2D eigenvalue weighted by atomic mass is 9.97. The summed E-state index contributed by atoms with van der Waals surface area (Å²) in [6.45, 7) is 4.13. The molecular weight excluding hydrogens is 372 g/mol. The third-order valence-electron chi connectivity index (χ3n) is 5.46. The van der Waals surface area contributed by atoms with Crippen LogP contribution in [-0.2, 0) is 6.42 Å². The molecule has 0 spiro atoms. The first-order valence-corrected chi connectivity index (χ1v) is 10.3. The van der Waals surface area contributed by atoms with Gasteiger partial charge in [0.15, 0.2) is 0 Å². The van der Waals surface area contributed by atoms with Gasteiger partial charge in [-0.05, 0) is 74.5 Å². The number of hydrogen-bond acceptors (Lipinski definition) is 6. The minimum Gasteiger partial charge on any atom is -0.360 e. The largest absolute Gasteiger partial charge is 0.360 e. The van der Waals surface area contributed by atoms with Gasteiger partial charge in [0.05, 0.1) is 5.69 Å². The molecule has 0 aromatic carbocycles. The summed E-state index contributed by atoms with van der Waals surface area (Å²) in [5.74, 6) is 0.993. The molecule has 0 radical (unpaired) electrons. The predicted octanol–water partition coefficient (Wildman–Crippen LogP) is 3.48. The van der Waals surface area contributed by atoms with Crippen LogP contribution < -0.4 is 4.90 Å². The fraction of sp³-hybridized carbons (Fsp3) is 0.333. The van der Waals surface area contributed by atoms with E-state index in [0.717, 1.165) is 59.7 Å². The SMILES string of the molecule is Cc1cnc2c(c1)C(c1cncnc1)=C(c1ccc(N(C)CCCN(C)C)nc1)C2. The van der Waals surface area contributed by atoms with E-state index in [4.69, 9.17) is 4.98 Å². The fourth-order valence-corrected chi connectivity index (χ4v) is 3.91. The summed E-state index contributed by atoms with van der Waals surface area (Å²) in [6, 6.07) is 6.49. The van der Waals surface area contributed by atoms with Gasteiger partial charge in [-0.15, -0.1) is 0 Å². The molecule has 0 unspecified atom stereocenters. The molecule has 0 amide bonds. The monoisotopic (exact) mass is 400 g/mol. The quantitative estimate of drug-likeness (QED) is 0.605. The van der Waals surface area contributed by atoms with E-state index in [1.54, 1.807) is 6.33 Å². The smallest absolute Gasteiger partial charge is 0.128 e. The van der Waals surface area contributed by atoms with Crippen molar-refractivity contribution in [1.29, 1.82) is 0 Å². The summed E-state index contributed by atoms with van der Waals surface area (Å²) in [4.78, 5) is 22.3. The molecule has 0 bridgehead atoms. The molecule has 4 rings (SSSR count). The van der Waals surface area contributed by atoms with Crippen molar-refractivity contribution in [1.82, 2.24) is 24.8 Å². The number of fused-ring (bicyclic) bond motifs is 1. The Morgan fingerprint density at radius 2 is 1.70 bits per heavy atom. The van der Waals surface area contributed by atoms with E-state index >= 15 is 0 Å². The van der Waals surface area contributed by atoms with Crippen LogP contribution in [0.25, 0.3) is 11.1 Å². The summed E-state index contributed by atoms with van der Waals surface area (Å²) < 4.78 is 0. The third-order valence-corrected chi connectivity index (χ3v) is 5.46. The van der Waals surface area contributed by atoms with Gasteiger partial charge in [-0.25, -0.2) is 15.0 Å². The molecule has 6 nitrogen and oxygen atoms in total. The van der Waals surface area contributed by atoms with E-state index in [9.17, 15) is 0 Å². The molecule has 0 N–H and O–H groups in total. The number of pyridine rings is 2. The van der Waals surface area contributed by atoms with Crippen molar-refractivity contribution in [3.63, 3.8) is 0 Å². The minimum atomic E-state index is 0.791. The van der Waals surface area contributed by atoms with Gasteiger partial charge in [0.2, 0.25) is 0 Å². The van der Waals surface area contributed by atoms with Crippen LogP contribution in [0.2, 0.25) is 0 Å². The van der Waals surface area contributed by atoms with Crippen LogP contribution in [-0.4, -0.2) is 59.1 Å². The summed E-state index contributed by atoms with van der Waals surface area (Å²) in [7, 11) is 6.31. The topological polar surface area (TPSA) is 58.0 Å². The minimum absolute atomic E-state index is 0.791. The van der Waals surface area contributed by atoms with Crippen molar-refractivity contribution in [2.75, 3.05) is 39.1 Å². The Kier molecular flexibility index (Phi) is 5.86. The van der Waals surface area contributed by atoms with Gasteiger partial charge in [0, 0.05) is 55.9 Å². The Labute approximate surface area is 178 Å². The normalized spacial score (nSPS) is 13.1. The first-order chi connectivity index (χ1) is 14.5. The molecular formula is C24H28N6. The summed E-state index contributed by atoms with van der Waals surface area (Å²) in [5, 5.41) is 0. The van der Waals surface area contributed by atoms with Crippen molar-refractivity contribution in [2.45, 2.75) is 19.8 Å². The Morgan fingerprint density at radius 3 is 2.40 bits per heavy atom. The molecule has 154 valence electrons. The van der Waals surface area contributed by atoms with Gasteiger partial charge in [0.25, 0.3) is 0 Å². The predicted molar refractivity (Wildman–Crippen MR) is 121 cm³/mol. The average Bonchev–Trinajstić information content (AvgIpc) is 3.12. The van der Waals surface area contributed by atoms with E-state index < -0.39 is 0 Å². The summed E-state index contributed by atoms with van der Waals surface area (Å²) >= 11 is 0. The molecule has 3 aromatic heterocycles. The zero-order valence-corrected chi connectivity index (χ0v) is 18.1. The lowest BCUT2D eigenvalue weighted by Crippen LogP contribution is -2.23. The van der Waals surface area contributed by atoms with E-state index in [0.29, 0.717) is 0 Å². The van der Waals surface area contributed by atoms with Gasteiger partial charge in [-0.2, -0.15) is 0 Å². The van der Waals surface area contributed by atoms with Crippen LogP contribution in [0, 0.1) is 6.92 Å². The first-order valence-electron chi connectivity index (χ1n) is 10.3. The highest BCUT2D eigenvalue weighted by Gasteiger charge is 2.25. The lowest BCUT2D eigenvalue weighted by molar-refractivity contribution is 0.401. The number of nitrogens with zero attached hydrogens (tertiary/aromatic N) is 6. The van der Waals surface area contributed by atoms with Gasteiger partial charge in [0.1, 0.15) is 12.1 Å². The second-order valence-corrected chi connectivity index (χ2v) is 8.15. The standard InChI is InChI=1S/C24H28N6/c1-17-10-21-22(27-12-17)11-20(24(21)19-13-25-16-26-14-19)18-6-7-23(28-15-18)30(4)9-5-8-29(2)3/h6-7,10,12-16H,5,8-9,11H2,1-4H3. The number of hydrogen-bond donors (Lipinski definition) is 0. The van der Waals surface area contributed by atoms with Crippen molar-refractivity contribution < 1.29 is 0 Å². The molecule has 1 aliphatic carbocycles. The van der Waals surface area contributed by atoms with Crippen LogP contribution >= 0.6 is 0 Å². The molecule has 30 heavy (non-hydrogen) atoms. The highest BCUT2D eigenvalue weighted by atomic mass is 15.2. The zero-order valence-electron chi connectivity index (χ0n) is 18.1. The Bertz CT molecular complexity index is 1040. The number of anilines is 1. The van der Waals surface area contributed by atoms with E-state index in [2.05, 4.69) is 71.0 Å². The van der Waals surface area contributed by atoms with Crippen LogP contribution in [0.3, 0.4) is 0 Å². The third kappa shape index (κ3) is 4.24. The van der Waals surface area contributed by atoms with Crippen molar-refractivity contribution >= 4 is 17.0 Å². The Balaban J connectivity index is 1.65. The molecule has 0 saturated carbocycles. The second kappa shape index (κ2) is 8.71. The second-order valence-electron chi connectivity index (χ2n) is 8.15. The summed E-state index contributed by atoms with van der Waals surface area (Å²) in [5.41, 5.74) is 7.95. The van der Waals surface area contributed by atoms with Gasteiger partial charge in [-0.3, -0.25) is 4.98 Å². The van der Waals surface area contributed by atoms with Crippen molar-refractivity contribution in [3.05, 3.63) is 77.3 Å². The lowest BCUT2D eigenvalue weighted by Gasteiger charge is -2.19. The number of allylic oxidation sites excluding steroid dienone is 1. The Hall–Kier alpha value is -3.12. The van der Waals surface area contributed by atoms with E-state index in [-0.39, 0.29) is 0 Å². The maximum absolute atomic E-state index is 4.76. The van der Waals surface area contributed by atoms with Crippen molar-refractivity contribution in [3.8, 4) is 0 Å². The molecule has 0 atom stereocenters.